The number of anilines is 2. The molecule has 0 bridgehead atoms. The molecule has 5 rings (SSSR count). The molecule has 2 aliphatic heterocycles. The fourth-order valence-corrected chi connectivity index (χ4v) is 5.03. The Morgan fingerprint density at radius 2 is 1.80 bits per heavy atom. The molecule has 182 valence electrons. The molecule has 35 heavy (non-hydrogen) atoms. The van der Waals surface area contributed by atoms with Gasteiger partial charge in [-0.2, -0.15) is 0 Å². The minimum atomic E-state index is -0.488. The van der Waals surface area contributed by atoms with Gasteiger partial charge in [-0.05, 0) is 60.9 Å². The molecule has 0 unspecified atom stereocenters. The smallest absolute Gasteiger partial charge is 0.324 e. The number of amides is 2. The predicted molar refractivity (Wildman–Crippen MR) is 137 cm³/mol. The van der Waals surface area contributed by atoms with Crippen LogP contribution in [0.1, 0.15) is 13.3 Å². The van der Waals surface area contributed by atoms with Crippen molar-refractivity contribution < 1.29 is 14.3 Å². The van der Waals surface area contributed by atoms with Gasteiger partial charge in [0.15, 0.2) is 0 Å². The Balaban J connectivity index is 1.50. The van der Waals surface area contributed by atoms with E-state index in [1.165, 1.54) is 12.1 Å². The summed E-state index contributed by atoms with van der Waals surface area (Å²) in [5, 5.41) is 11.5. The van der Waals surface area contributed by atoms with E-state index in [2.05, 4.69) is 9.88 Å². The molecule has 1 atom stereocenters. The van der Waals surface area contributed by atoms with Crippen LogP contribution in [0, 0.1) is 5.82 Å². The molecule has 2 saturated heterocycles. The number of urea groups is 1. The highest BCUT2D eigenvalue weighted by Crippen LogP contribution is 2.42. The molecule has 2 amide bonds. The van der Waals surface area contributed by atoms with Crippen molar-refractivity contribution in [2.24, 2.45) is 5.73 Å². The van der Waals surface area contributed by atoms with Crippen LogP contribution < -0.4 is 15.5 Å². The van der Waals surface area contributed by atoms with E-state index >= 15 is 0 Å². The van der Waals surface area contributed by atoms with Gasteiger partial charge in [0.1, 0.15) is 17.4 Å². The molecular weight excluding hydrogens is 469 g/mol. The van der Waals surface area contributed by atoms with Crippen LogP contribution in [-0.4, -0.2) is 59.8 Å². The number of carbonyl (C=O) groups excluding carboxylic acids is 1. The number of nitrogens with two attached hydrogens (primary N) is 1. The highest BCUT2D eigenvalue weighted by atomic mass is 35.5. The summed E-state index contributed by atoms with van der Waals surface area (Å²) in [7, 11) is 1.74. The molecule has 0 saturated carbocycles. The van der Waals surface area contributed by atoms with Crippen molar-refractivity contribution in [1.82, 2.24) is 9.88 Å². The molecule has 0 aliphatic carbocycles. The Labute approximate surface area is 208 Å². The lowest BCUT2D eigenvalue weighted by molar-refractivity contribution is 0.229. The van der Waals surface area contributed by atoms with Crippen molar-refractivity contribution in [3.05, 3.63) is 59.5 Å². The van der Waals surface area contributed by atoms with Gasteiger partial charge in [0, 0.05) is 56.1 Å². The van der Waals surface area contributed by atoms with Gasteiger partial charge in [-0.1, -0.05) is 17.7 Å². The number of phenolic OH excluding ortho intramolecular Hbond substituents is 1. The van der Waals surface area contributed by atoms with E-state index in [1.54, 1.807) is 47.3 Å². The van der Waals surface area contributed by atoms with E-state index in [9.17, 15) is 14.3 Å². The molecule has 0 spiro atoms. The number of aromatic nitrogens is 1. The van der Waals surface area contributed by atoms with E-state index in [0.717, 1.165) is 18.8 Å². The van der Waals surface area contributed by atoms with Crippen molar-refractivity contribution >= 4 is 29.1 Å². The second kappa shape index (κ2) is 8.70. The number of hydrogen-bond acceptors (Lipinski definition) is 5. The van der Waals surface area contributed by atoms with Gasteiger partial charge in [0.05, 0.1) is 10.7 Å². The molecule has 3 heterocycles. The van der Waals surface area contributed by atoms with Gasteiger partial charge in [0.2, 0.25) is 0 Å². The zero-order valence-electron chi connectivity index (χ0n) is 19.6. The summed E-state index contributed by atoms with van der Waals surface area (Å²) in [4.78, 5) is 22.1. The first-order valence-corrected chi connectivity index (χ1v) is 11.9. The average Bonchev–Trinajstić information content (AvgIpc) is 3.36. The van der Waals surface area contributed by atoms with E-state index < -0.39 is 5.82 Å². The normalized spacial score (nSPS) is 20.3. The third-order valence-corrected chi connectivity index (χ3v) is 7.03. The van der Waals surface area contributed by atoms with Crippen molar-refractivity contribution in [2.75, 3.05) is 43.0 Å². The first kappa shape index (κ1) is 23.4. The van der Waals surface area contributed by atoms with Gasteiger partial charge in [0.25, 0.3) is 0 Å². The monoisotopic (exact) mass is 495 g/mol. The van der Waals surface area contributed by atoms with E-state index in [4.69, 9.17) is 17.3 Å². The largest absolute Gasteiger partial charge is 0.507 e. The van der Waals surface area contributed by atoms with Crippen molar-refractivity contribution in [3.63, 3.8) is 0 Å². The summed E-state index contributed by atoms with van der Waals surface area (Å²) in [5.74, 6) is 0.183. The lowest BCUT2D eigenvalue weighted by Crippen LogP contribution is -2.39. The number of aromatic hydroxyl groups is 1. The van der Waals surface area contributed by atoms with Gasteiger partial charge >= 0.3 is 6.03 Å². The van der Waals surface area contributed by atoms with Crippen LogP contribution in [0.4, 0.5) is 20.7 Å². The van der Waals surface area contributed by atoms with Crippen LogP contribution in [0.3, 0.4) is 0 Å². The summed E-state index contributed by atoms with van der Waals surface area (Å²) in [5.41, 5.74) is 8.42. The van der Waals surface area contributed by atoms with Crippen LogP contribution >= 0.6 is 11.6 Å². The molecule has 7 nitrogen and oxygen atoms in total. The van der Waals surface area contributed by atoms with Crippen LogP contribution in [0.25, 0.3) is 22.3 Å². The van der Waals surface area contributed by atoms with Crippen LogP contribution in [0.5, 0.6) is 5.75 Å². The Hall–Kier alpha value is -3.36. The summed E-state index contributed by atoms with van der Waals surface area (Å²) >= 11 is 6.53. The SMILES string of the molecule is CN1CCN(c2ccc(-c3cc(F)cc(-c4ccnc(N5CC[C@](C)(N)C5)c4)c3O)cc2Cl)C1=O. The number of likely N-dealkylation sites (N-methyl/N-ethyl adjacent to an activating group) is 1. The molecule has 2 aromatic carbocycles. The zero-order valence-corrected chi connectivity index (χ0v) is 20.4. The van der Waals surface area contributed by atoms with Gasteiger partial charge in [-0.25, -0.2) is 14.2 Å². The molecule has 2 fully saturated rings. The van der Waals surface area contributed by atoms with E-state index in [1.807, 2.05) is 13.0 Å². The summed E-state index contributed by atoms with van der Waals surface area (Å²) in [6, 6.07) is 11.1. The molecule has 0 radical (unpaired) electrons. The Kier molecular flexibility index (Phi) is 5.81. The number of rotatable bonds is 4. The maximum atomic E-state index is 14.8. The van der Waals surface area contributed by atoms with Crippen LogP contribution in [0.15, 0.2) is 48.7 Å². The second-order valence-electron chi connectivity index (χ2n) is 9.60. The second-order valence-corrected chi connectivity index (χ2v) is 10.0. The number of nitrogens with zero attached hydrogens (tertiary/aromatic N) is 4. The summed E-state index contributed by atoms with van der Waals surface area (Å²) < 4.78 is 14.8. The topological polar surface area (TPSA) is 85.9 Å². The first-order chi connectivity index (χ1) is 16.6. The third kappa shape index (κ3) is 4.39. The standard InChI is InChI=1S/C26H27ClFN5O2/c1-26(29)6-8-32(15-26)23-12-17(5-7-30-23)20-14-18(28)13-19(24(20)34)16-3-4-22(21(27)11-16)33-10-9-31(2)25(33)35/h3-5,7,11-14,34H,6,8-10,15,29H2,1-2H3/t26-/m0/s1. The van der Waals surface area contributed by atoms with Gasteiger partial charge in [-0.15, -0.1) is 0 Å². The zero-order chi connectivity index (χ0) is 24.9. The van der Waals surface area contributed by atoms with Gasteiger partial charge in [-0.3, -0.25) is 4.90 Å². The maximum Gasteiger partial charge on any atom is 0.324 e. The number of carbonyl (C=O) groups is 1. The maximum absolute atomic E-state index is 14.8. The average molecular weight is 496 g/mol. The molecule has 1 aromatic heterocycles. The minimum absolute atomic E-state index is 0.0607. The number of hydrogen-bond donors (Lipinski definition) is 2. The lowest BCUT2D eigenvalue weighted by atomic mass is 9.97. The van der Waals surface area contributed by atoms with Crippen LogP contribution in [-0.2, 0) is 0 Å². The quantitative estimate of drug-likeness (QED) is 0.547. The Bertz CT molecular complexity index is 1310. The highest BCUT2D eigenvalue weighted by molar-refractivity contribution is 6.34. The third-order valence-electron chi connectivity index (χ3n) is 6.73. The van der Waals surface area contributed by atoms with Crippen molar-refractivity contribution in [1.29, 1.82) is 0 Å². The fourth-order valence-electron chi connectivity index (χ4n) is 4.74. The van der Waals surface area contributed by atoms with Gasteiger partial charge < -0.3 is 20.6 Å². The number of benzene rings is 2. The summed E-state index contributed by atoms with van der Waals surface area (Å²) in [6.07, 6.45) is 2.50. The van der Waals surface area contributed by atoms with Crippen molar-refractivity contribution in [3.8, 4) is 28.0 Å². The lowest BCUT2D eigenvalue weighted by Gasteiger charge is -2.21. The highest BCUT2D eigenvalue weighted by Gasteiger charge is 2.31. The molecule has 2 aliphatic rings. The molecule has 3 aromatic rings. The molecular formula is C26H27ClFN5O2. The van der Waals surface area contributed by atoms with Crippen LogP contribution in [0.2, 0.25) is 5.02 Å². The minimum Gasteiger partial charge on any atom is -0.507 e. The Morgan fingerprint density at radius 3 is 2.40 bits per heavy atom. The first-order valence-electron chi connectivity index (χ1n) is 11.5. The van der Waals surface area contributed by atoms with E-state index in [-0.39, 0.29) is 17.3 Å². The predicted octanol–water partition coefficient (Wildman–Crippen LogP) is 4.71. The Morgan fingerprint density at radius 1 is 1.09 bits per heavy atom. The number of phenols is 1. The van der Waals surface area contributed by atoms with E-state index in [0.29, 0.717) is 52.6 Å². The number of pyridine rings is 1. The summed E-state index contributed by atoms with van der Waals surface area (Å²) in [6.45, 7) is 4.61. The number of halogens is 2. The molecule has 9 heteroatoms. The molecule has 3 N–H and O–H groups in total. The van der Waals surface area contributed by atoms with Crippen molar-refractivity contribution in [2.45, 2.75) is 18.9 Å². The fraction of sp³-hybridized carbons (Fsp3) is 0.308.